The van der Waals surface area contributed by atoms with E-state index in [1.54, 1.807) is 7.11 Å². The molecule has 0 amide bonds. The highest BCUT2D eigenvalue weighted by molar-refractivity contribution is 9.10. The molecule has 0 spiro atoms. The number of halogens is 1. The van der Waals surface area contributed by atoms with E-state index in [2.05, 4.69) is 41.1 Å². The molecule has 0 aliphatic heterocycles. The molecule has 0 atom stereocenters. The minimum atomic E-state index is 0.0356. The SMILES string of the molecule is COC1(c2cccc(Br)c2C)CC1. The third-order valence-corrected chi connectivity index (χ3v) is 3.71. The summed E-state index contributed by atoms with van der Waals surface area (Å²) < 4.78 is 6.72. The van der Waals surface area contributed by atoms with Crippen molar-refractivity contribution >= 4 is 15.9 Å². The van der Waals surface area contributed by atoms with Gasteiger partial charge >= 0.3 is 0 Å². The van der Waals surface area contributed by atoms with Crippen LogP contribution in [0.1, 0.15) is 24.0 Å². The summed E-state index contributed by atoms with van der Waals surface area (Å²) in [4.78, 5) is 0. The van der Waals surface area contributed by atoms with Crippen LogP contribution in [0.4, 0.5) is 0 Å². The van der Waals surface area contributed by atoms with Gasteiger partial charge in [0.15, 0.2) is 0 Å². The Morgan fingerprint density at radius 3 is 2.62 bits per heavy atom. The Morgan fingerprint density at radius 1 is 1.38 bits per heavy atom. The van der Waals surface area contributed by atoms with Gasteiger partial charge in [-0.05, 0) is 37.0 Å². The number of methoxy groups -OCH3 is 1. The Hall–Kier alpha value is -0.340. The molecule has 1 aromatic carbocycles. The lowest BCUT2D eigenvalue weighted by Gasteiger charge is -2.17. The van der Waals surface area contributed by atoms with Crippen LogP contribution in [0.25, 0.3) is 0 Å². The van der Waals surface area contributed by atoms with Crippen molar-refractivity contribution in [3.63, 3.8) is 0 Å². The summed E-state index contributed by atoms with van der Waals surface area (Å²) >= 11 is 3.54. The highest BCUT2D eigenvalue weighted by atomic mass is 79.9. The molecule has 70 valence electrons. The third kappa shape index (κ3) is 1.42. The third-order valence-electron chi connectivity index (χ3n) is 2.85. The maximum Gasteiger partial charge on any atom is 0.0932 e. The fourth-order valence-corrected chi connectivity index (χ4v) is 2.16. The van der Waals surface area contributed by atoms with Crippen LogP contribution in [0.5, 0.6) is 0 Å². The Bertz CT molecular complexity index is 329. The predicted octanol–water partition coefficient (Wildman–Crippen LogP) is 3.39. The van der Waals surface area contributed by atoms with Crippen LogP contribution in [0.2, 0.25) is 0 Å². The van der Waals surface area contributed by atoms with Gasteiger partial charge in [-0.2, -0.15) is 0 Å². The van der Waals surface area contributed by atoms with Crippen molar-refractivity contribution in [2.45, 2.75) is 25.4 Å². The van der Waals surface area contributed by atoms with E-state index < -0.39 is 0 Å². The van der Waals surface area contributed by atoms with Gasteiger partial charge in [-0.3, -0.25) is 0 Å². The average Bonchev–Trinajstić information content (AvgIpc) is 2.90. The van der Waals surface area contributed by atoms with Crippen molar-refractivity contribution in [3.8, 4) is 0 Å². The predicted molar refractivity (Wildman–Crippen MR) is 56.8 cm³/mol. The summed E-state index contributed by atoms with van der Waals surface area (Å²) in [6, 6.07) is 6.31. The van der Waals surface area contributed by atoms with Gasteiger partial charge in [0.25, 0.3) is 0 Å². The molecule has 1 aliphatic rings. The van der Waals surface area contributed by atoms with E-state index in [-0.39, 0.29) is 5.60 Å². The second-order valence-electron chi connectivity index (χ2n) is 3.61. The van der Waals surface area contributed by atoms with Gasteiger partial charge in [0, 0.05) is 11.6 Å². The molecule has 0 aromatic heterocycles. The van der Waals surface area contributed by atoms with Crippen LogP contribution < -0.4 is 0 Å². The van der Waals surface area contributed by atoms with Gasteiger partial charge in [0.05, 0.1) is 5.60 Å². The van der Waals surface area contributed by atoms with E-state index in [0.717, 1.165) is 12.8 Å². The molecule has 0 heterocycles. The zero-order valence-corrected chi connectivity index (χ0v) is 9.52. The summed E-state index contributed by atoms with van der Waals surface area (Å²) in [5.74, 6) is 0. The molecule has 0 radical (unpaired) electrons. The van der Waals surface area contributed by atoms with Crippen molar-refractivity contribution in [3.05, 3.63) is 33.8 Å². The second kappa shape index (κ2) is 3.10. The largest absolute Gasteiger partial charge is 0.374 e. The molecule has 0 saturated heterocycles. The Kier molecular flexibility index (Phi) is 2.20. The molecule has 13 heavy (non-hydrogen) atoms. The summed E-state index contributed by atoms with van der Waals surface area (Å²) in [7, 11) is 1.80. The molecule has 1 aliphatic carbocycles. The highest BCUT2D eigenvalue weighted by Gasteiger charge is 2.45. The summed E-state index contributed by atoms with van der Waals surface area (Å²) in [6.07, 6.45) is 2.31. The van der Waals surface area contributed by atoms with E-state index >= 15 is 0 Å². The standard InChI is InChI=1S/C11H13BrO/c1-8-9(4-3-5-10(8)12)11(13-2)6-7-11/h3-5H,6-7H2,1-2H3. The second-order valence-corrected chi connectivity index (χ2v) is 4.47. The lowest BCUT2D eigenvalue weighted by atomic mass is 10.0. The Morgan fingerprint density at radius 2 is 2.08 bits per heavy atom. The molecular formula is C11H13BrO. The number of hydrogen-bond donors (Lipinski definition) is 0. The molecule has 1 nitrogen and oxygen atoms in total. The number of benzene rings is 1. The van der Waals surface area contributed by atoms with Gasteiger partial charge in [-0.15, -0.1) is 0 Å². The first kappa shape index (κ1) is 9.22. The summed E-state index contributed by atoms with van der Waals surface area (Å²) in [6.45, 7) is 2.14. The van der Waals surface area contributed by atoms with Crippen LogP contribution in [0, 0.1) is 6.92 Å². The first-order valence-electron chi connectivity index (χ1n) is 4.50. The monoisotopic (exact) mass is 240 g/mol. The average molecular weight is 241 g/mol. The van der Waals surface area contributed by atoms with Crippen LogP contribution in [0.15, 0.2) is 22.7 Å². The Labute approximate surface area is 87.2 Å². The highest BCUT2D eigenvalue weighted by Crippen LogP contribution is 2.50. The molecule has 2 heteroatoms. The fourth-order valence-electron chi connectivity index (χ4n) is 1.80. The normalized spacial score (nSPS) is 18.7. The molecule has 0 N–H and O–H groups in total. The quantitative estimate of drug-likeness (QED) is 0.771. The topological polar surface area (TPSA) is 9.23 Å². The van der Waals surface area contributed by atoms with E-state index in [9.17, 15) is 0 Å². The van der Waals surface area contributed by atoms with Crippen LogP contribution in [0.3, 0.4) is 0 Å². The molecule has 1 aromatic rings. The van der Waals surface area contributed by atoms with Crippen LogP contribution in [-0.2, 0) is 10.3 Å². The van der Waals surface area contributed by atoms with Crippen LogP contribution >= 0.6 is 15.9 Å². The zero-order chi connectivity index (χ0) is 9.47. The van der Waals surface area contributed by atoms with Crippen LogP contribution in [-0.4, -0.2) is 7.11 Å². The van der Waals surface area contributed by atoms with Gasteiger partial charge in [-0.25, -0.2) is 0 Å². The van der Waals surface area contributed by atoms with Crippen molar-refractivity contribution in [2.24, 2.45) is 0 Å². The van der Waals surface area contributed by atoms with E-state index in [0.29, 0.717) is 0 Å². The number of ether oxygens (including phenoxy) is 1. The number of hydrogen-bond acceptors (Lipinski definition) is 1. The van der Waals surface area contributed by atoms with E-state index in [1.807, 2.05) is 0 Å². The van der Waals surface area contributed by atoms with Gasteiger partial charge in [0.2, 0.25) is 0 Å². The van der Waals surface area contributed by atoms with E-state index in [4.69, 9.17) is 4.74 Å². The smallest absolute Gasteiger partial charge is 0.0932 e. The summed E-state index contributed by atoms with van der Waals surface area (Å²) in [5.41, 5.74) is 2.68. The zero-order valence-electron chi connectivity index (χ0n) is 7.93. The van der Waals surface area contributed by atoms with Crippen molar-refractivity contribution in [1.29, 1.82) is 0 Å². The Balaban J connectivity index is 2.46. The van der Waals surface area contributed by atoms with Crippen molar-refractivity contribution in [2.75, 3.05) is 7.11 Å². The first-order chi connectivity index (χ1) is 6.19. The first-order valence-corrected chi connectivity index (χ1v) is 5.30. The maximum absolute atomic E-state index is 5.55. The van der Waals surface area contributed by atoms with E-state index in [1.165, 1.54) is 15.6 Å². The fraction of sp³-hybridized carbons (Fsp3) is 0.455. The van der Waals surface area contributed by atoms with Crippen molar-refractivity contribution < 1.29 is 4.74 Å². The molecular weight excluding hydrogens is 228 g/mol. The molecule has 1 fully saturated rings. The molecule has 0 bridgehead atoms. The minimum Gasteiger partial charge on any atom is -0.374 e. The molecule has 2 rings (SSSR count). The summed E-state index contributed by atoms with van der Waals surface area (Å²) in [5, 5.41) is 0. The van der Waals surface area contributed by atoms with Gasteiger partial charge in [0.1, 0.15) is 0 Å². The number of rotatable bonds is 2. The van der Waals surface area contributed by atoms with Crippen molar-refractivity contribution in [1.82, 2.24) is 0 Å². The lowest BCUT2D eigenvalue weighted by molar-refractivity contribution is 0.0783. The van der Waals surface area contributed by atoms with Gasteiger partial charge < -0.3 is 4.74 Å². The molecule has 1 saturated carbocycles. The maximum atomic E-state index is 5.55. The van der Waals surface area contributed by atoms with Gasteiger partial charge in [-0.1, -0.05) is 28.1 Å². The lowest BCUT2D eigenvalue weighted by Crippen LogP contribution is -2.10. The molecule has 0 unspecified atom stereocenters. The minimum absolute atomic E-state index is 0.0356.